The number of anilines is 2. The maximum absolute atomic E-state index is 6.20. The normalized spacial score (nSPS) is 12.9. The second kappa shape index (κ2) is 12.9. The zero-order valence-corrected chi connectivity index (χ0v) is 27.5. The zero-order chi connectivity index (χ0) is 33.3. The summed E-state index contributed by atoms with van der Waals surface area (Å²) in [4.78, 5) is 7.30. The third kappa shape index (κ3) is 5.69. The van der Waals surface area contributed by atoms with Crippen LogP contribution in [-0.4, -0.2) is 4.98 Å². The third-order valence-electron chi connectivity index (χ3n) is 9.64. The Morgan fingerprint density at radius 2 is 1.10 bits per heavy atom. The van der Waals surface area contributed by atoms with Gasteiger partial charge in [0.1, 0.15) is 5.52 Å². The van der Waals surface area contributed by atoms with E-state index in [9.17, 15) is 0 Å². The Bertz CT molecular complexity index is 2510. The van der Waals surface area contributed by atoms with Gasteiger partial charge in [-0.1, -0.05) is 133 Å². The van der Waals surface area contributed by atoms with E-state index in [2.05, 4.69) is 175 Å². The van der Waals surface area contributed by atoms with E-state index in [-0.39, 0.29) is 0 Å². The Hall–Kier alpha value is -6.45. The van der Waals surface area contributed by atoms with Gasteiger partial charge >= 0.3 is 0 Å². The van der Waals surface area contributed by atoms with Gasteiger partial charge in [-0.2, -0.15) is 0 Å². The highest BCUT2D eigenvalue weighted by Crippen LogP contribution is 2.39. The Kier molecular flexibility index (Phi) is 7.64. The molecule has 0 spiro atoms. The van der Waals surface area contributed by atoms with Crippen LogP contribution < -0.4 is 4.90 Å². The van der Waals surface area contributed by atoms with Crippen LogP contribution in [-0.2, 0) is 0 Å². The first-order valence-electron chi connectivity index (χ1n) is 17.2. The largest absolute Gasteiger partial charge is 0.436 e. The van der Waals surface area contributed by atoms with Crippen LogP contribution in [0.4, 0.5) is 11.4 Å². The molecule has 0 saturated carbocycles. The second-order valence-corrected chi connectivity index (χ2v) is 12.7. The molecule has 7 aromatic carbocycles. The smallest absolute Gasteiger partial charge is 0.227 e. The molecule has 0 aliphatic heterocycles. The van der Waals surface area contributed by atoms with E-state index in [1.807, 2.05) is 12.1 Å². The van der Waals surface area contributed by atoms with Gasteiger partial charge in [-0.05, 0) is 100 Å². The molecule has 0 atom stereocenters. The summed E-state index contributed by atoms with van der Waals surface area (Å²) in [6.45, 7) is 0. The van der Waals surface area contributed by atoms with Crippen molar-refractivity contribution in [3.63, 3.8) is 0 Å². The van der Waals surface area contributed by atoms with Crippen molar-refractivity contribution in [2.24, 2.45) is 0 Å². The molecule has 1 aliphatic rings. The standard InChI is InChI=1S/C47H34N2O/c1-3-10-33(11-4-1)36-22-27-41(28-23-36)49(43-16-9-15-40(32-43)34-12-5-2-6-13-34)42-29-24-37(25-30-42)35-18-20-39(21-19-35)47-48-46-44-17-8-7-14-38(44)26-31-45(46)50-47/h1-24,26-29,31-32H,25,30H2. The molecular weight excluding hydrogens is 609 g/mol. The molecule has 0 bridgehead atoms. The summed E-state index contributed by atoms with van der Waals surface area (Å²) in [7, 11) is 0. The van der Waals surface area contributed by atoms with E-state index in [1.165, 1.54) is 44.5 Å². The minimum absolute atomic E-state index is 0.648. The number of oxazole rings is 1. The van der Waals surface area contributed by atoms with Crippen LogP contribution in [0, 0.1) is 0 Å². The Morgan fingerprint density at radius 3 is 1.84 bits per heavy atom. The summed E-state index contributed by atoms with van der Waals surface area (Å²) in [5.74, 6) is 0.648. The van der Waals surface area contributed by atoms with Gasteiger partial charge in [0.2, 0.25) is 5.89 Å². The zero-order valence-electron chi connectivity index (χ0n) is 27.5. The fourth-order valence-electron chi connectivity index (χ4n) is 7.03. The van der Waals surface area contributed by atoms with Crippen molar-refractivity contribution in [2.75, 3.05) is 4.90 Å². The number of rotatable bonds is 7. The van der Waals surface area contributed by atoms with E-state index < -0.39 is 0 Å². The molecule has 3 nitrogen and oxygen atoms in total. The molecule has 0 N–H and O–H groups in total. The molecule has 3 heteroatoms. The monoisotopic (exact) mass is 642 g/mol. The summed E-state index contributed by atoms with van der Waals surface area (Å²) in [5, 5.41) is 2.28. The van der Waals surface area contributed by atoms with E-state index >= 15 is 0 Å². The lowest BCUT2D eigenvalue weighted by atomic mass is 9.94. The van der Waals surface area contributed by atoms with Crippen molar-refractivity contribution in [2.45, 2.75) is 12.8 Å². The first-order chi connectivity index (χ1) is 24.8. The third-order valence-corrected chi connectivity index (χ3v) is 9.64. The summed E-state index contributed by atoms with van der Waals surface area (Å²) in [5.41, 5.74) is 13.6. The minimum Gasteiger partial charge on any atom is -0.436 e. The highest BCUT2D eigenvalue weighted by atomic mass is 16.3. The molecule has 9 rings (SSSR count). The van der Waals surface area contributed by atoms with Gasteiger partial charge in [-0.25, -0.2) is 4.98 Å². The molecule has 0 amide bonds. The van der Waals surface area contributed by atoms with E-state index in [0.717, 1.165) is 46.3 Å². The first-order valence-corrected chi connectivity index (χ1v) is 17.2. The topological polar surface area (TPSA) is 29.3 Å². The van der Waals surface area contributed by atoms with Crippen molar-refractivity contribution >= 4 is 38.8 Å². The predicted molar refractivity (Wildman–Crippen MR) is 208 cm³/mol. The predicted octanol–water partition coefficient (Wildman–Crippen LogP) is 12.9. The molecule has 0 unspecified atom stereocenters. The van der Waals surface area contributed by atoms with Crippen molar-refractivity contribution < 1.29 is 4.42 Å². The maximum Gasteiger partial charge on any atom is 0.227 e. The fourth-order valence-corrected chi connectivity index (χ4v) is 7.03. The maximum atomic E-state index is 6.20. The first kappa shape index (κ1) is 29.7. The quantitative estimate of drug-likeness (QED) is 0.173. The Morgan fingerprint density at radius 1 is 0.460 bits per heavy atom. The van der Waals surface area contributed by atoms with Crippen LogP contribution in [0.15, 0.2) is 192 Å². The molecule has 50 heavy (non-hydrogen) atoms. The lowest BCUT2D eigenvalue weighted by Gasteiger charge is -2.30. The molecule has 238 valence electrons. The van der Waals surface area contributed by atoms with Crippen LogP contribution in [0.5, 0.6) is 0 Å². The number of hydrogen-bond acceptors (Lipinski definition) is 3. The molecule has 1 aromatic heterocycles. The summed E-state index contributed by atoms with van der Waals surface area (Å²) in [6, 6.07) is 60.0. The number of aromatic nitrogens is 1. The van der Waals surface area contributed by atoms with Crippen LogP contribution in [0.1, 0.15) is 18.4 Å². The lowest BCUT2D eigenvalue weighted by Crippen LogP contribution is -2.18. The summed E-state index contributed by atoms with van der Waals surface area (Å²) in [6.07, 6.45) is 6.43. The molecule has 0 fully saturated rings. The molecule has 1 heterocycles. The lowest BCUT2D eigenvalue weighted by molar-refractivity contribution is 0.620. The van der Waals surface area contributed by atoms with Crippen molar-refractivity contribution in [1.29, 1.82) is 0 Å². The SMILES string of the molecule is C1=C(c2ccc(-c3nc4c(ccc5ccccc54)o3)cc2)CCC(N(c2ccc(-c3ccccc3)cc2)c2cccc(-c3ccccc3)c2)=C1. The van der Waals surface area contributed by atoms with Gasteiger partial charge in [-0.3, -0.25) is 0 Å². The van der Waals surface area contributed by atoms with Crippen molar-refractivity contribution in [3.8, 4) is 33.7 Å². The number of nitrogens with zero attached hydrogens (tertiary/aromatic N) is 2. The van der Waals surface area contributed by atoms with Gasteiger partial charge in [-0.15, -0.1) is 0 Å². The summed E-state index contributed by atoms with van der Waals surface area (Å²) < 4.78 is 6.20. The van der Waals surface area contributed by atoms with Crippen molar-refractivity contribution in [1.82, 2.24) is 4.98 Å². The highest BCUT2D eigenvalue weighted by molar-refractivity contribution is 6.04. The highest BCUT2D eigenvalue weighted by Gasteiger charge is 2.19. The van der Waals surface area contributed by atoms with Gasteiger partial charge in [0.15, 0.2) is 5.58 Å². The molecule has 1 aliphatic carbocycles. The van der Waals surface area contributed by atoms with Crippen LogP contribution >= 0.6 is 0 Å². The molecule has 0 radical (unpaired) electrons. The number of allylic oxidation sites excluding steroid dienone is 4. The van der Waals surface area contributed by atoms with E-state index in [0.29, 0.717) is 5.89 Å². The van der Waals surface area contributed by atoms with Gasteiger partial charge in [0.05, 0.1) is 0 Å². The molecule has 0 saturated heterocycles. The Labute approximate surface area is 292 Å². The Balaban J connectivity index is 1.03. The number of fused-ring (bicyclic) bond motifs is 3. The van der Waals surface area contributed by atoms with Gasteiger partial charge in [0, 0.05) is 28.0 Å². The van der Waals surface area contributed by atoms with Crippen LogP contribution in [0.3, 0.4) is 0 Å². The molecule has 8 aromatic rings. The number of hydrogen-bond donors (Lipinski definition) is 0. The van der Waals surface area contributed by atoms with E-state index in [1.54, 1.807) is 0 Å². The fraction of sp³-hybridized carbons (Fsp3) is 0.0426. The summed E-state index contributed by atoms with van der Waals surface area (Å²) >= 11 is 0. The van der Waals surface area contributed by atoms with Crippen LogP contribution in [0.25, 0.3) is 61.2 Å². The average molecular weight is 643 g/mol. The van der Waals surface area contributed by atoms with Crippen molar-refractivity contribution in [3.05, 3.63) is 193 Å². The minimum atomic E-state index is 0.648. The van der Waals surface area contributed by atoms with Crippen LogP contribution in [0.2, 0.25) is 0 Å². The molecular formula is C47H34N2O. The average Bonchev–Trinajstić information content (AvgIpc) is 3.65. The van der Waals surface area contributed by atoms with Gasteiger partial charge < -0.3 is 9.32 Å². The number of benzene rings is 7. The van der Waals surface area contributed by atoms with E-state index in [4.69, 9.17) is 9.40 Å². The van der Waals surface area contributed by atoms with Gasteiger partial charge in [0.25, 0.3) is 0 Å². The second-order valence-electron chi connectivity index (χ2n) is 12.7.